The van der Waals surface area contributed by atoms with Gasteiger partial charge in [0.1, 0.15) is 6.54 Å². The summed E-state index contributed by atoms with van der Waals surface area (Å²) in [6.45, 7) is 8.18. The van der Waals surface area contributed by atoms with E-state index in [1.54, 1.807) is 6.07 Å². The molecule has 1 N–H and O–H groups in total. The van der Waals surface area contributed by atoms with Crippen molar-refractivity contribution < 1.29 is 9.59 Å². The van der Waals surface area contributed by atoms with Crippen molar-refractivity contribution in [2.45, 2.75) is 26.2 Å². The maximum Gasteiger partial charge on any atom is 0.259 e. The first-order valence-corrected chi connectivity index (χ1v) is 8.51. The van der Waals surface area contributed by atoms with Crippen LogP contribution in [0, 0.1) is 0 Å². The number of nitrogens with zero attached hydrogens (tertiary/aromatic N) is 1. The van der Waals surface area contributed by atoms with E-state index in [-0.39, 0.29) is 18.4 Å². The van der Waals surface area contributed by atoms with Crippen molar-refractivity contribution in [1.82, 2.24) is 4.90 Å². The lowest BCUT2D eigenvalue weighted by atomic mass is 9.97. The number of hydrogen-bond acceptors (Lipinski definition) is 2. The summed E-state index contributed by atoms with van der Waals surface area (Å²) in [6, 6.07) is 15.1. The van der Waals surface area contributed by atoms with Gasteiger partial charge in [-0.05, 0) is 30.0 Å². The Bertz CT molecular complexity index is 806. The second-order valence-corrected chi connectivity index (χ2v) is 6.33. The summed E-state index contributed by atoms with van der Waals surface area (Å²) in [5, 5.41) is 2.95. The number of nitrogens with one attached hydrogen (secondary N) is 1. The summed E-state index contributed by atoms with van der Waals surface area (Å²) in [5.74, 6) is -0.0480. The van der Waals surface area contributed by atoms with E-state index in [1.807, 2.05) is 42.5 Å². The van der Waals surface area contributed by atoms with Crippen molar-refractivity contribution in [2.24, 2.45) is 0 Å². The molecule has 0 unspecified atom stereocenters. The van der Waals surface area contributed by atoms with Gasteiger partial charge in [-0.2, -0.15) is 0 Å². The molecular formula is C21H22N2O2. The van der Waals surface area contributed by atoms with Crippen molar-refractivity contribution in [3.05, 3.63) is 71.8 Å². The standard InChI is InChI=1S/C21H22N2O2/c1-4-14(2)16-9-7-8-12-19(16)22-20(24)13-23-15(3)17-10-5-6-11-18(17)21(23)25/h5-12,14H,3-4,13H2,1-2H3,(H,22,24)/t14-/m1/s1. The largest absolute Gasteiger partial charge is 0.324 e. The van der Waals surface area contributed by atoms with E-state index in [0.29, 0.717) is 17.2 Å². The topological polar surface area (TPSA) is 49.4 Å². The van der Waals surface area contributed by atoms with Crippen molar-refractivity contribution in [3.8, 4) is 0 Å². The minimum atomic E-state index is -0.224. The zero-order chi connectivity index (χ0) is 18.0. The van der Waals surface area contributed by atoms with Gasteiger partial charge in [0.2, 0.25) is 5.91 Å². The number of fused-ring (bicyclic) bond motifs is 1. The number of benzene rings is 2. The summed E-state index contributed by atoms with van der Waals surface area (Å²) in [7, 11) is 0. The highest BCUT2D eigenvalue weighted by molar-refractivity contribution is 6.11. The monoisotopic (exact) mass is 334 g/mol. The average Bonchev–Trinajstić information content (AvgIpc) is 2.87. The van der Waals surface area contributed by atoms with Crippen molar-refractivity contribution in [3.63, 3.8) is 0 Å². The number of carbonyl (C=O) groups excluding carboxylic acids is 2. The van der Waals surface area contributed by atoms with Crippen molar-refractivity contribution >= 4 is 23.2 Å². The minimum absolute atomic E-state index is 0.0405. The molecule has 0 aromatic heterocycles. The fourth-order valence-corrected chi connectivity index (χ4v) is 3.10. The first-order chi connectivity index (χ1) is 12.0. The minimum Gasteiger partial charge on any atom is -0.324 e. The number of amides is 2. The molecule has 0 spiro atoms. The van der Waals surface area contributed by atoms with E-state index in [2.05, 4.69) is 25.7 Å². The Kier molecular flexibility index (Phi) is 4.70. The summed E-state index contributed by atoms with van der Waals surface area (Å²) in [5.41, 5.74) is 3.87. The first-order valence-electron chi connectivity index (χ1n) is 8.51. The van der Waals surface area contributed by atoms with Crippen molar-refractivity contribution in [1.29, 1.82) is 0 Å². The van der Waals surface area contributed by atoms with E-state index < -0.39 is 0 Å². The van der Waals surface area contributed by atoms with Crippen LogP contribution >= 0.6 is 0 Å². The molecule has 0 radical (unpaired) electrons. The van der Waals surface area contributed by atoms with E-state index >= 15 is 0 Å². The molecule has 2 aromatic rings. The van der Waals surface area contributed by atoms with Gasteiger partial charge in [0.25, 0.3) is 5.91 Å². The van der Waals surface area contributed by atoms with Crippen LogP contribution in [0.5, 0.6) is 0 Å². The normalized spacial score (nSPS) is 14.4. The number of rotatable bonds is 5. The van der Waals surface area contributed by atoms with Gasteiger partial charge in [-0.3, -0.25) is 14.5 Å². The fourth-order valence-electron chi connectivity index (χ4n) is 3.10. The van der Waals surface area contributed by atoms with Gasteiger partial charge in [0.05, 0.1) is 0 Å². The third-order valence-electron chi connectivity index (χ3n) is 4.72. The molecule has 4 heteroatoms. The Labute approximate surface area is 148 Å². The highest BCUT2D eigenvalue weighted by atomic mass is 16.2. The number of para-hydroxylation sites is 1. The predicted octanol–water partition coefficient (Wildman–Crippen LogP) is 4.27. The lowest BCUT2D eigenvalue weighted by molar-refractivity contribution is -0.116. The van der Waals surface area contributed by atoms with E-state index in [0.717, 1.165) is 23.2 Å². The molecule has 1 aliphatic rings. The van der Waals surface area contributed by atoms with Crippen LogP contribution in [0.2, 0.25) is 0 Å². The Morgan fingerprint density at radius 1 is 1.12 bits per heavy atom. The average molecular weight is 334 g/mol. The molecule has 3 rings (SSSR count). The Morgan fingerprint density at radius 2 is 1.76 bits per heavy atom. The van der Waals surface area contributed by atoms with E-state index in [9.17, 15) is 9.59 Å². The zero-order valence-electron chi connectivity index (χ0n) is 14.6. The Hall–Kier alpha value is -2.88. The van der Waals surface area contributed by atoms with Crippen LogP contribution in [0.3, 0.4) is 0 Å². The van der Waals surface area contributed by atoms with Gasteiger partial charge in [-0.25, -0.2) is 0 Å². The molecule has 0 saturated carbocycles. The molecule has 1 atom stereocenters. The van der Waals surface area contributed by atoms with Gasteiger partial charge in [-0.15, -0.1) is 0 Å². The van der Waals surface area contributed by atoms with Gasteiger partial charge in [0.15, 0.2) is 0 Å². The zero-order valence-corrected chi connectivity index (χ0v) is 14.6. The molecular weight excluding hydrogens is 312 g/mol. The number of hydrogen-bond donors (Lipinski definition) is 1. The summed E-state index contributed by atoms with van der Waals surface area (Å²) in [6.07, 6.45) is 0.990. The smallest absolute Gasteiger partial charge is 0.259 e. The van der Waals surface area contributed by atoms with Gasteiger partial charge >= 0.3 is 0 Å². The van der Waals surface area contributed by atoms with Crippen LogP contribution < -0.4 is 5.32 Å². The molecule has 1 aliphatic heterocycles. The summed E-state index contributed by atoms with van der Waals surface area (Å²) < 4.78 is 0. The molecule has 1 heterocycles. The molecule has 25 heavy (non-hydrogen) atoms. The molecule has 0 saturated heterocycles. The van der Waals surface area contributed by atoms with Gasteiger partial charge < -0.3 is 5.32 Å². The summed E-state index contributed by atoms with van der Waals surface area (Å²) in [4.78, 5) is 26.5. The summed E-state index contributed by atoms with van der Waals surface area (Å²) >= 11 is 0. The maximum atomic E-state index is 12.5. The number of anilines is 1. The van der Waals surface area contributed by atoms with Crippen LogP contribution in [0.25, 0.3) is 5.70 Å². The quantitative estimate of drug-likeness (QED) is 0.888. The first kappa shape index (κ1) is 17.0. The molecule has 2 amide bonds. The van der Waals surface area contributed by atoms with Crippen LogP contribution in [0.4, 0.5) is 5.69 Å². The third-order valence-corrected chi connectivity index (χ3v) is 4.72. The second-order valence-electron chi connectivity index (χ2n) is 6.33. The lowest BCUT2D eigenvalue weighted by Crippen LogP contribution is -2.33. The van der Waals surface area contributed by atoms with Crippen molar-refractivity contribution in [2.75, 3.05) is 11.9 Å². The molecule has 0 fully saturated rings. The van der Waals surface area contributed by atoms with Gasteiger partial charge in [-0.1, -0.05) is 56.8 Å². The van der Waals surface area contributed by atoms with Crippen LogP contribution in [-0.2, 0) is 4.79 Å². The number of carbonyl (C=O) groups is 2. The molecule has 0 aliphatic carbocycles. The molecule has 0 bridgehead atoms. The highest BCUT2D eigenvalue weighted by Crippen LogP contribution is 2.31. The molecule has 4 nitrogen and oxygen atoms in total. The third kappa shape index (κ3) is 3.20. The van der Waals surface area contributed by atoms with Crippen LogP contribution in [-0.4, -0.2) is 23.3 Å². The van der Waals surface area contributed by atoms with Gasteiger partial charge in [0, 0.05) is 22.5 Å². The molecule has 128 valence electrons. The lowest BCUT2D eigenvalue weighted by Gasteiger charge is -2.19. The van der Waals surface area contributed by atoms with E-state index in [1.165, 1.54) is 4.90 Å². The fraction of sp³-hybridized carbons (Fsp3) is 0.238. The van der Waals surface area contributed by atoms with E-state index in [4.69, 9.17) is 0 Å². The predicted molar refractivity (Wildman–Crippen MR) is 100 cm³/mol. The highest BCUT2D eigenvalue weighted by Gasteiger charge is 2.31. The second kappa shape index (κ2) is 6.93. The Morgan fingerprint density at radius 3 is 2.44 bits per heavy atom. The molecule has 2 aromatic carbocycles. The van der Waals surface area contributed by atoms with Crippen LogP contribution in [0.1, 0.15) is 47.7 Å². The van der Waals surface area contributed by atoms with Crippen LogP contribution in [0.15, 0.2) is 55.1 Å². The SMILES string of the molecule is C=C1c2ccccc2C(=O)N1CC(=O)Nc1ccccc1[C@H](C)CC. The maximum absolute atomic E-state index is 12.5. The Balaban J connectivity index is 1.75.